The van der Waals surface area contributed by atoms with Gasteiger partial charge in [0.25, 0.3) is 0 Å². The van der Waals surface area contributed by atoms with Gasteiger partial charge in [0.2, 0.25) is 5.91 Å². The van der Waals surface area contributed by atoms with E-state index in [1.54, 1.807) is 18.6 Å². The van der Waals surface area contributed by atoms with Crippen molar-refractivity contribution in [1.29, 1.82) is 0 Å². The number of hydrogen-bond acceptors (Lipinski definition) is 8. The molecule has 34 heavy (non-hydrogen) atoms. The summed E-state index contributed by atoms with van der Waals surface area (Å²) in [6, 6.07) is 3.67. The minimum absolute atomic E-state index is 0.456. The molecule has 4 heterocycles. The van der Waals surface area contributed by atoms with Crippen molar-refractivity contribution in [2.24, 2.45) is 5.73 Å². The van der Waals surface area contributed by atoms with Gasteiger partial charge in [0.05, 0.1) is 35.6 Å². The Balaban J connectivity index is 1.65. The van der Waals surface area contributed by atoms with Gasteiger partial charge in [0.15, 0.2) is 0 Å². The van der Waals surface area contributed by atoms with Crippen LogP contribution in [0.5, 0.6) is 0 Å². The average molecular weight is 468 g/mol. The number of nitrogens with zero attached hydrogens (tertiary/aromatic N) is 6. The van der Waals surface area contributed by atoms with Crippen LogP contribution in [0, 0.1) is 0 Å². The molecule has 1 amide bonds. The number of aliphatic carboxylic acids is 1. The molecule has 0 aromatic carbocycles. The summed E-state index contributed by atoms with van der Waals surface area (Å²) in [5.41, 5.74) is 8.48. The summed E-state index contributed by atoms with van der Waals surface area (Å²) in [5, 5.41) is 10.2. The predicted octanol–water partition coefficient (Wildman–Crippen LogP) is 0.418. The standard InChI is InChI=1S/C24H33N7O3/c1-28-3-7-30(8-4-28)19-11-17(13-26-15-19)21(23(25)32)22(24(33)34)18-12-20(16-27-14-18)31-9-5-29(2)6-10-31/h11-16,21-22H,3-10H2,1-2H3,(H2,25,32)(H,33,34). The van der Waals surface area contributed by atoms with Crippen LogP contribution in [0.25, 0.3) is 0 Å². The number of carbonyl (C=O) groups excluding carboxylic acids is 1. The fraction of sp³-hybridized carbons (Fsp3) is 0.500. The van der Waals surface area contributed by atoms with Crippen LogP contribution in [0.15, 0.2) is 36.9 Å². The first kappa shape index (κ1) is 23.9. The van der Waals surface area contributed by atoms with Gasteiger partial charge in [0.1, 0.15) is 0 Å². The lowest BCUT2D eigenvalue weighted by molar-refractivity contribution is -0.141. The van der Waals surface area contributed by atoms with Gasteiger partial charge in [0, 0.05) is 64.8 Å². The van der Waals surface area contributed by atoms with Gasteiger partial charge in [-0.2, -0.15) is 0 Å². The molecular formula is C24H33N7O3. The molecule has 0 bridgehead atoms. The van der Waals surface area contributed by atoms with Gasteiger partial charge in [-0.15, -0.1) is 0 Å². The molecule has 10 nitrogen and oxygen atoms in total. The molecule has 2 aromatic rings. The molecular weight excluding hydrogens is 434 g/mol. The van der Waals surface area contributed by atoms with Crippen LogP contribution in [0.2, 0.25) is 0 Å². The molecule has 2 atom stereocenters. The summed E-state index contributed by atoms with van der Waals surface area (Å²) in [5.74, 6) is -4.05. The minimum atomic E-state index is -1.16. The summed E-state index contributed by atoms with van der Waals surface area (Å²) in [6.45, 7) is 7.01. The Bertz CT molecular complexity index is 936. The first-order chi connectivity index (χ1) is 16.3. The van der Waals surface area contributed by atoms with Gasteiger partial charge in [-0.1, -0.05) is 0 Å². The quantitative estimate of drug-likeness (QED) is 0.597. The first-order valence-electron chi connectivity index (χ1n) is 11.6. The normalized spacial score (nSPS) is 19.6. The Morgan fingerprint density at radius 3 is 1.56 bits per heavy atom. The first-order valence-corrected chi connectivity index (χ1v) is 11.6. The molecule has 0 radical (unpaired) electrons. The number of carboxylic acid groups (broad SMARTS) is 1. The number of carbonyl (C=O) groups is 2. The summed E-state index contributed by atoms with van der Waals surface area (Å²) in [6.07, 6.45) is 6.55. The number of piperazine rings is 2. The topological polar surface area (TPSA) is 119 Å². The summed E-state index contributed by atoms with van der Waals surface area (Å²) < 4.78 is 0. The maximum atomic E-state index is 12.6. The van der Waals surface area contributed by atoms with Crippen LogP contribution < -0.4 is 15.5 Å². The number of hydrogen-bond donors (Lipinski definition) is 2. The third kappa shape index (κ3) is 5.28. The molecule has 10 heteroatoms. The molecule has 2 aliphatic heterocycles. The second-order valence-corrected chi connectivity index (χ2v) is 9.23. The van der Waals surface area contributed by atoms with Crippen molar-refractivity contribution in [3.8, 4) is 0 Å². The third-order valence-electron chi connectivity index (χ3n) is 6.85. The van der Waals surface area contributed by atoms with Crippen molar-refractivity contribution in [2.45, 2.75) is 11.8 Å². The Kier molecular flexibility index (Phi) is 7.28. The molecule has 182 valence electrons. The maximum Gasteiger partial charge on any atom is 0.312 e. The Hall–Kier alpha value is -3.24. The van der Waals surface area contributed by atoms with Crippen LogP contribution in [-0.4, -0.2) is 103 Å². The van der Waals surface area contributed by atoms with Gasteiger partial charge >= 0.3 is 5.97 Å². The zero-order valence-corrected chi connectivity index (χ0v) is 19.8. The molecule has 2 aromatic heterocycles. The Morgan fingerprint density at radius 1 is 0.765 bits per heavy atom. The lowest BCUT2D eigenvalue weighted by Gasteiger charge is -2.34. The second kappa shape index (κ2) is 10.4. The molecule has 2 unspecified atom stereocenters. The van der Waals surface area contributed by atoms with E-state index in [1.165, 1.54) is 6.20 Å². The molecule has 4 rings (SSSR count). The molecule has 2 aliphatic rings. The van der Waals surface area contributed by atoms with E-state index in [2.05, 4.69) is 43.7 Å². The fourth-order valence-corrected chi connectivity index (χ4v) is 4.70. The highest BCUT2D eigenvalue weighted by Gasteiger charge is 2.36. The van der Waals surface area contributed by atoms with Crippen molar-refractivity contribution in [3.63, 3.8) is 0 Å². The SMILES string of the molecule is CN1CCN(c2cncc(C(C(N)=O)C(C(=O)O)c3cncc(N4CCN(C)CC4)c3)c2)CC1. The van der Waals surface area contributed by atoms with Crippen LogP contribution in [0.3, 0.4) is 0 Å². The number of aromatic nitrogens is 2. The van der Waals surface area contributed by atoms with Gasteiger partial charge in [-0.25, -0.2) is 0 Å². The smallest absolute Gasteiger partial charge is 0.312 e. The maximum absolute atomic E-state index is 12.6. The van der Waals surface area contributed by atoms with E-state index in [-0.39, 0.29) is 0 Å². The van der Waals surface area contributed by atoms with Gasteiger partial charge in [-0.3, -0.25) is 19.6 Å². The van der Waals surface area contributed by atoms with E-state index in [0.717, 1.165) is 63.7 Å². The highest BCUT2D eigenvalue weighted by Crippen LogP contribution is 2.35. The minimum Gasteiger partial charge on any atom is -0.481 e. The number of primary amides is 1. The molecule has 0 saturated carbocycles. The Morgan fingerprint density at radius 2 is 1.18 bits per heavy atom. The summed E-state index contributed by atoms with van der Waals surface area (Å²) in [4.78, 5) is 42.7. The average Bonchev–Trinajstić information content (AvgIpc) is 2.83. The largest absolute Gasteiger partial charge is 0.481 e. The molecule has 2 saturated heterocycles. The van der Waals surface area contributed by atoms with E-state index in [1.807, 2.05) is 12.1 Å². The van der Waals surface area contributed by atoms with E-state index in [4.69, 9.17) is 5.73 Å². The molecule has 2 fully saturated rings. The van der Waals surface area contributed by atoms with E-state index < -0.39 is 23.7 Å². The fourth-order valence-electron chi connectivity index (χ4n) is 4.70. The predicted molar refractivity (Wildman–Crippen MR) is 130 cm³/mol. The summed E-state index contributed by atoms with van der Waals surface area (Å²) in [7, 11) is 4.16. The number of amides is 1. The second-order valence-electron chi connectivity index (χ2n) is 9.23. The van der Waals surface area contributed by atoms with Gasteiger partial charge in [-0.05, 0) is 37.4 Å². The zero-order chi connectivity index (χ0) is 24.2. The number of likely N-dealkylation sites (N-methyl/N-ethyl adjacent to an activating group) is 2. The van der Waals surface area contributed by atoms with Crippen molar-refractivity contribution in [1.82, 2.24) is 19.8 Å². The molecule has 0 aliphatic carbocycles. The number of carboxylic acids is 1. The molecule has 3 N–H and O–H groups in total. The number of anilines is 2. The third-order valence-corrected chi connectivity index (χ3v) is 6.85. The van der Waals surface area contributed by atoms with E-state index in [0.29, 0.717) is 11.1 Å². The van der Waals surface area contributed by atoms with E-state index >= 15 is 0 Å². The highest BCUT2D eigenvalue weighted by atomic mass is 16.4. The number of rotatable bonds is 7. The van der Waals surface area contributed by atoms with Crippen molar-refractivity contribution < 1.29 is 14.7 Å². The van der Waals surface area contributed by atoms with E-state index in [9.17, 15) is 14.7 Å². The highest BCUT2D eigenvalue weighted by molar-refractivity contribution is 5.91. The lowest BCUT2D eigenvalue weighted by Crippen LogP contribution is -2.44. The van der Waals surface area contributed by atoms with Crippen LogP contribution in [0.1, 0.15) is 23.0 Å². The van der Waals surface area contributed by atoms with Crippen LogP contribution in [-0.2, 0) is 9.59 Å². The van der Waals surface area contributed by atoms with Crippen molar-refractivity contribution in [3.05, 3.63) is 48.0 Å². The van der Waals surface area contributed by atoms with Crippen LogP contribution in [0.4, 0.5) is 11.4 Å². The van der Waals surface area contributed by atoms with Crippen LogP contribution >= 0.6 is 0 Å². The number of nitrogens with two attached hydrogens (primary N) is 1. The molecule has 0 spiro atoms. The van der Waals surface area contributed by atoms with Crippen molar-refractivity contribution >= 4 is 23.3 Å². The lowest BCUT2D eigenvalue weighted by atomic mass is 9.81. The summed E-state index contributed by atoms with van der Waals surface area (Å²) >= 11 is 0. The van der Waals surface area contributed by atoms with Crippen molar-refractivity contribution in [2.75, 3.05) is 76.3 Å². The monoisotopic (exact) mass is 467 g/mol. The zero-order valence-electron chi connectivity index (χ0n) is 19.8. The number of pyridine rings is 2. The van der Waals surface area contributed by atoms with Gasteiger partial charge < -0.3 is 30.4 Å². The Labute approximate surface area is 200 Å².